The molecule has 1 fully saturated rings. The van der Waals surface area contributed by atoms with Crippen molar-refractivity contribution < 1.29 is 0 Å². The van der Waals surface area contributed by atoms with Gasteiger partial charge in [0.15, 0.2) is 0 Å². The highest BCUT2D eigenvalue weighted by Crippen LogP contribution is 2.68. The summed E-state index contributed by atoms with van der Waals surface area (Å²) in [5.74, 6) is 0. The van der Waals surface area contributed by atoms with Crippen LogP contribution in [-0.4, -0.2) is 9.49 Å². The number of hydrogen-bond acceptors (Lipinski definition) is 2. The molecule has 1 saturated carbocycles. The fraction of sp³-hybridized carbons (Fsp3) is 0.467. The van der Waals surface area contributed by atoms with Crippen molar-refractivity contribution in [2.75, 3.05) is 0 Å². The molecular weight excluding hydrogens is 315 g/mol. The normalized spacial score (nSPS) is 40.2. The largest absolute Gasteiger partial charge is 0.101 e. The third-order valence-electron chi connectivity index (χ3n) is 4.93. The van der Waals surface area contributed by atoms with Gasteiger partial charge >= 0.3 is 0 Å². The van der Waals surface area contributed by atoms with E-state index in [9.17, 15) is 0 Å². The Balaban J connectivity index is 2.04. The number of fused-ring (bicyclic) bond motifs is 4. The summed E-state index contributed by atoms with van der Waals surface area (Å²) in [6.45, 7) is 4.66. The average Bonchev–Trinajstić information content (AvgIpc) is 2.95. The molecule has 0 saturated heterocycles. The van der Waals surface area contributed by atoms with Crippen molar-refractivity contribution in [3.8, 4) is 0 Å². The SMILES string of the molecule is C[C@@]12SC(Cl)=CC1=C1CCCC1=C1C=C(Cl)S[C@]12C. The molecule has 2 aliphatic heterocycles. The van der Waals surface area contributed by atoms with Gasteiger partial charge in [0.25, 0.3) is 0 Å². The lowest BCUT2D eigenvalue weighted by molar-refractivity contribution is 0.607. The van der Waals surface area contributed by atoms with Gasteiger partial charge in [0.05, 0.1) is 18.2 Å². The van der Waals surface area contributed by atoms with Crippen LogP contribution in [0.15, 0.2) is 43.2 Å². The molecule has 0 amide bonds. The van der Waals surface area contributed by atoms with Gasteiger partial charge in [-0.15, -0.1) is 23.5 Å². The zero-order valence-corrected chi connectivity index (χ0v) is 14.0. The summed E-state index contributed by atoms with van der Waals surface area (Å²) in [4.78, 5) is 0. The van der Waals surface area contributed by atoms with Crippen LogP contribution in [-0.2, 0) is 0 Å². The van der Waals surface area contributed by atoms with Gasteiger partial charge in [-0.25, -0.2) is 0 Å². The summed E-state index contributed by atoms with van der Waals surface area (Å²) in [6.07, 6.45) is 8.04. The van der Waals surface area contributed by atoms with Gasteiger partial charge in [-0.1, -0.05) is 23.2 Å². The van der Waals surface area contributed by atoms with Crippen LogP contribution in [0.5, 0.6) is 0 Å². The van der Waals surface area contributed by atoms with Gasteiger partial charge in [-0.05, 0) is 67.6 Å². The van der Waals surface area contributed by atoms with E-state index < -0.39 is 0 Å². The fourth-order valence-corrected chi connectivity index (χ4v) is 7.58. The second-order valence-electron chi connectivity index (χ2n) is 5.81. The first-order chi connectivity index (χ1) is 8.96. The molecule has 2 atom stereocenters. The van der Waals surface area contributed by atoms with Crippen molar-refractivity contribution in [1.29, 1.82) is 0 Å². The van der Waals surface area contributed by atoms with E-state index in [1.54, 1.807) is 34.7 Å². The summed E-state index contributed by atoms with van der Waals surface area (Å²) < 4.78 is 1.87. The molecule has 2 heterocycles. The predicted octanol–water partition coefficient (Wildman–Crippen LogP) is 5.95. The molecule has 0 bridgehead atoms. The lowest BCUT2D eigenvalue weighted by Crippen LogP contribution is -2.47. The van der Waals surface area contributed by atoms with E-state index in [0.717, 1.165) is 8.73 Å². The van der Waals surface area contributed by atoms with Crippen molar-refractivity contribution in [2.24, 2.45) is 0 Å². The zero-order valence-electron chi connectivity index (χ0n) is 10.8. The maximum absolute atomic E-state index is 6.37. The molecule has 0 N–H and O–H groups in total. The summed E-state index contributed by atoms with van der Waals surface area (Å²) in [5.41, 5.74) is 5.99. The van der Waals surface area contributed by atoms with Crippen LogP contribution < -0.4 is 0 Å². The second kappa shape index (κ2) is 3.91. The number of halogens is 2. The number of rotatable bonds is 0. The van der Waals surface area contributed by atoms with Gasteiger partial charge in [0.1, 0.15) is 0 Å². The van der Waals surface area contributed by atoms with Crippen molar-refractivity contribution in [3.63, 3.8) is 0 Å². The summed E-state index contributed by atoms with van der Waals surface area (Å²) >= 11 is 16.3. The summed E-state index contributed by atoms with van der Waals surface area (Å²) in [6, 6.07) is 0. The average molecular weight is 329 g/mol. The van der Waals surface area contributed by atoms with E-state index in [-0.39, 0.29) is 9.49 Å². The minimum atomic E-state index is 0.0143. The van der Waals surface area contributed by atoms with Crippen LogP contribution in [0.3, 0.4) is 0 Å². The fourth-order valence-electron chi connectivity index (χ4n) is 3.86. The summed E-state index contributed by atoms with van der Waals surface area (Å²) in [5, 5.41) is 0. The van der Waals surface area contributed by atoms with E-state index in [0.29, 0.717) is 0 Å². The molecule has 19 heavy (non-hydrogen) atoms. The van der Waals surface area contributed by atoms with Crippen molar-refractivity contribution in [2.45, 2.75) is 42.6 Å². The predicted molar refractivity (Wildman–Crippen MR) is 87.8 cm³/mol. The van der Waals surface area contributed by atoms with E-state index in [2.05, 4.69) is 26.0 Å². The maximum atomic E-state index is 6.37. The molecule has 4 aliphatic rings. The lowest BCUT2D eigenvalue weighted by Gasteiger charge is -2.46. The highest BCUT2D eigenvalue weighted by atomic mass is 35.5. The van der Waals surface area contributed by atoms with Crippen molar-refractivity contribution in [3.05, 3.63) is 43.2 Å². The maximum Gasteiger partial charge on any atom is 0.0747 e. The second-order valence-corrected chi connectivity index (χ2v) is 9.99. The first-order valence-corrected chi connectivity index (χ1v) is 8.95. The molecule has 0 aromatic heterocycles. The third kappa shape index (κ3) is 1.47. The third-order valence-corrected chi connectivity index (χ3v) is 8.43. The molecular formula is C15H14Cl2S2. The van der Waals surface area contributed by atoms with Gasteiger partial charge in [-0.3, -0.25) is 0 Å². The Kier molecular flexibility index (Phi) is 2.66. The molecule has 4 rings (SSSR count). The quantitative estimate of drug-likeness (QED) is 0.539. The lowest BCUT2D eigenvalue weighted by atomic mass is 9.72. The standard InChI is InChI=1S/C15H14Cl2S2/c1-14-10(6-12(16)18-14)8-4-3-5-9(8)11-7-13(17)19-15(11,14)2/h6-7H,3-5H2,1-2H3/t14-,15-/m1/s1. The van der Waals surface area contributed by atoms with Crippen LogP contribution in [0.2, 0.25) is 0 Å². The van der Waals surface area contributed by atoms with E-state index in [4.69, 9.17) is 23.2 Å². The van der Waals surface area contributed by atoms with Crippen LogP contribution in [0.4, 0.5) is 0 Å². The Morgan fingerprint density at radius 1 is 0.895 bits per heavy atom. The number of allylic oxidation sites excluding steroid dienone is 4. The van der Waals surface area contributed by atoms with Crippen molar-refractivity contribution in [1.82, 2.24) is 0 Å². The van der Waals surface area contributed by atoms with Crippen LogP contribution >= 0.6 is 46.7 Å². The molecule has 0 unspecified atom stereocenters. The van der Waals surface area contributed by atoms with Gasteiger partial charge in [0.2, 0.25) is 0 Å². The Morgan fingerprint density at radius 3 is 1.74 bits per heavy atom. The molecule has 2 aliphatic carbocycles. The van der Waals surface area contributed by atoms with Gasteiger partial charge in [-0.2, -0.15) is 0 Å². The molecule has 0 spiro atoms. The number of hydrogen-bond donors (Lipinski definition) is 0. The highest BCUT2D eigenvalue weighted by Gasteiger charge is 2.59. The van der Waals surface area contributed by atoms with E-state index >= 15 is 0 Å². The van der Waals surface area contributed by atoms with Gasteiger partial charge in [0, 0.05) is 0 Å². The minimum absolute atomic E-state index is 0.0143. The molecule has 0 nitrogen and oxygen atoms in total. The molecule has 0 aromatic rings. The van der Waals surface area contributed by atoms with E-state index in [1.165, 1.54) is 30.4 Å². The zero-order chi connectivity index (χ0) is 13.4. The highest BCUT2D eigenvalue weighted by molar-refractivity contribution is 8.10. The molecule has 0 aromatic carbocycles. The topological polar surface area (TPSA) is 0 Å². The van der Waals surface area contributed by atoms with Crippen LogP contribution in [0.25, 0.3) is 0 Å². The Bertz CT molecular complexity index is 572. The first kappa shape index (κ1) is 12.9. The molecule has 100 valence electrons. The minimum Gasteiger partial charge on any atom is -0.101 e. The Labute approximate surface area is 132 Å². The molecule has 0 radical (unpaired) electrons. The molecule has 4 heteroatoms. The van der Waals surface area contributed by atoms with Gasteiger partial charge < -0.3 is 0 Å². The Hall–Kier alpha value is 0.240. The van der Waals surface area contributed by atoms with Crippen LogP contribution in [0.1, 0.15) is 33.1 Å². The van der Waals surface area contributed by atoms with Crippen LogP contribution in [0, 0.1) is 0 Å². The van der Waals surface area contributed by atoms with Crippen molar-refractivity contribution >= 4 is 46.7 Å². The monoisotopic (exact) mass is 328 g/mol. The smallest absolute Gasteiger partial charge is 0.0747 e. The van der Waals surface area contributed by atoms with E-state index in [1.807, 2.05) is 0 Å². The Morgan fingerprint density at radius 2 is 1.32 bits per heavy atom. The number of thioether (sulfide) groups is 2. The summed E-state index contributed by atoms with van der Waals surface area (Å²) in [7, 11) is 0. The first-order valence-electron chi connectivity index (χ1n) is 6.56.